The number of hydrogen-bond donors (Lipinski definition) is 2. The Kier molecular flexibility index (Phi) is 4.51. The van der Waals surface area contributed by atoms with E-state index in [2.05, 4.69) is 70.7 Å². The molecule has 2 aromatic heterocycles. The number of nitrogens with one attached hydrogen (secondary N) is 2. The molecule has 0 spiro atoms. The molecular weight excluding hydrogens is 461 g/mol. The number of H-pyrrole nitrogens is 1. The number of halogens is 2. The van der Waals surface area contributed by atoms with Gasteiger partial charge in [-0.1, -0.05) is 71.7 Å². The van der Waals surface area contributed by atoms with E-state index in [0.717, 1.165) is 17.7 Å². The topological polar surface area (TPSA) is 57.8 Å². The lowest BCUT2D eigenvalue weighted by Crippen LogP contribution is -2.47. The monoisotopic (exact) mass is 479 g/mol. The van der Waals surface area contributed by atoms with Crippen molar-refractivity contribution in [1.29, 1.82) is 0 Å². The maximum absolute atomic E-state index is 13.7. The van der Waals surface area contributed by atoms with Crippen LogP contribution >= 0.6 is 34.5 Å². The van der Waals surface area contributed by atoms with E-state index in [0.29, 0.717) is 14.6 Å². The van der Waals surface area contributed by atoms with Crippen molar-refractivity contribution in [2.75, 3.05) is 5.32 Å². The van der Waals surface area contributed by atoms with E-state index in [1.54, 1.807) is 12.3 Å². The van der Waals surface area contributed by atoms with E-state index in [9.17, 15) is 4.79 Å². The summed E-state index contributed by atoms with van der Waals surface area (Å²) >= 11 is 13.7. The van der Waals surface area contributed by atoms with E-state index >= 15 is 0 Å². The van der Waals surface area contributed by atoms with Gasteiger partial charge in [0.2, 0.25) is 11.9 Å². The molecule has 2 aromatic carbocycles. The van der Waals surface area contributed by atoms with Crippen molar-refractivity contribution < 1.29 is 4.79 Å². The smallest absolute Gasteiger partial charge is 0.233 e. The molecule has 4 nitrogen and oxygen atoms in total. The molecular formula is C25H19Cl2N3OS. The van der Waals surface area contributed by atoms with Gasteiger partial charge in [0.25, 0.3) is 0 Å². The van der Waals surface area contributed by atoms with Gasteiger partial charge in [-0.15, -0.1) is 11.3 Å². The fraction of sp³-hybridized carbons (Fsp3) is 0.200. The fourth-order valence-corrected chi connectivity index (χ4v) is 6.98. The van der Waals surface area contributed by atoms with Crippen LogP contribution in [-0.2, 0) is 4.79 Å². The minimum atomic E-state index is -0.594. The number of thiophene rings is 1. The highest BCUT2D eigenvalue weighted by Crippen LogP contribution is 2.61. The lowest BCUT2D eigenvalue weighted by molar-refractivity contribution is -0.126. The summed E-state index contributed by atoms with van der Waals surface area (Å²) in [4.78, 5) is 21.2. The maximum atomic E-state index is 13.7. The van der Waals surface area contributed by atoms with Crippen molar-refractivity contribution in [3.8, 4) is 11.3 Å². The molecule has 7 rings (SSSR count). The van der Waals surface area contributed by atoms with Crippen molar-refractivity contribution in [2.45, 2.75) is 25.2 Å². The number of hydrogen-bond acceptors (Lipinski definition) is 3. The van der Waals surface area contributed by atoms with Crippen molar-refractivity contribution in [3.63, 3.8) is 0 Å². The van der Waals surface area contributed by atoms with Gasteiger partial charge in [0, 0.05) is 17.4 Å². The first-order chi connectivity index (χ1) is 15.5. The van der Waals surface area contributed by atoms with Crippen LogP contribution in [0.25, 0.3) is 11.3 Å². The highest BCUT2D eigenvalue weighted by Gasteiger charge is 2.53. The zero-order chi connectivity index (χ0) is 22.0. The van der Waals surface area contributed by atoms with Crippen LogP contribution < -0.4 is 5.32 Å². The summed E-state index contributed by atoms with van der Waals surface area (Å²) < 4.78 is 1.19. The highest BCUT2D eigenvalue weighted by atomic mass is 35.5. The number of nitrogens with zero attached hydrogens (tertiary/aromatic N) is 1. The number of imidazole rings is 1. The number of carbonyl (C=O) groups is 1. The highest BCUT2D eigenvalue weighted by molar-refractivity contribution is 7.20. The van der Waals surface area contributed by atoms with E-state index in [4.69, 9.17) is 23.2 Å². The first-order valence-corrected chi connectivity index (χ1v) is 12.0. The molecule has 3 aliphatic carbocycles. The Morgan fingerprint density at radius 2 is 1.72 bits per heavy atom. The Balaban J connectivity index is 1.36. The molecule has 2 bridgehead atoms. The lowest BCUT2D eigenvalue weighted by atomic mass is 9.52. The second-order valence-corrected chi connectivity index (χ2v) is 11.0. The summed E-state index contributed by atoms with van der Waals surface area (Å²) in [5, 5.41) is 3.04. The standard InChI is InChI=1S/C25H19Cl2N3OS/c1-25(23(31)30-24-28-12-19(29-24)17-10-20(26)32-22(17)27)11-18-13-6-2-4-8-15(13)21(25)16-9-5-3-7-14(16)18/h2-10,12,18,21H,11H2,1H3,(H2,28,29,30,31). The predicted octanol–water partition coefficient (Wildman–Crippen LogP) is 7.07. The second kappa shape index (κ2) is 7.20. The molecule has 32 heavy (non-hydrogen) atoms. The molecule has 7 heteroatoms. The fourth-order valence-electron chi connectivity index (χ4n) is 5.49. The number of rotatable bonds is 3. The molecule has 0 aliphatic heterocycles. The van der Waals surface area contributed by atoms with Crippen molar-refractivity contribution in [3.05, 3.63) is 91.7 Å². The number of aromatic nitrogens is 2. The van der Waals surface area contributed by atoms with Gasteiger partial charge < -0.3 is 4.98 Å². The Bertz CT molecular complexity index is 1330. The molecule has 2 heterocycles. The molecule has 1 amide bonds. The van der Waals surface area contributed by atoms with Crippen LogP contribution in [0.1, 0.15) is 47.4 Å². The zero-order valence-electron chi connectivity index (χ0n) is 17.2. The molecule has 1 atom stereocenters. The molecule has 0 saturated heterocycles. The first kappa shape index (κ1) is 20.0. The number of aromatic amines is 1. The van der Waals surface area contributed by atoms with Crippen LogP contribution in [-0.4, -0.2) is 15.9 Å². The minimum absolute atomic E-state index is 0.000502. The summed E-state index contributed by atoms with van der Waals surface area (Å²) in [6.45, 7) is 2.07. The van der Waals surface area contributed by atoms with Crippen LogP contribution in [0.3, 0.4) is 0 Å². The minimum Gasteiger partial charge on any atom is -0.324 e. The Hall–Kier alpha value is -2.60. The van der Waals surface area contributed by atoms with Gasteiger partial charge in [0.05, 0.1) is 21.6 Å². The van der Waals surface area contributed by atoms with Crippen molar-refractivity contribution >= 4 is 46.4 Å². The summed E-state index contributed by atoms with van der Waals surface area (Å²) in [5.41, 5.74) is 6.08. The maximum Gasteiger partial charge on any atom is 0.233 e. The first-order valence-electron chi connectivity index (χ1n) is 10.4. The third-order valence-electron chi connectivity index (χ3n) is 6.90. The van der Waals surface area contributed by atoms with Crippen LogP contribution in [0.4, 0.5) is 5.95 Å². The van der Waals surface area contributed by atoms with Crippen LogP contribution in [0.2, 0.25) is 8.67 Å². The third kappa shape index (κ3) is 2.88. The van der Waals surface area contributed by atoms with Crippen molar-refractivity contribution in [2.24, 2.45) is 5.41 Å². The average Bonchev–Trinajstić information content (AvgIpc) is 3.39. The van der Waals surface area contributed by atoms with Crippen LogP contribution in [0.5, 0.6) is 0 Å². The third-order valence-corrected chi connectivity index (χ3v) is 8.39. The van der Waals surface area contributed by atoms with Gasteiger partial charge in [-0.05, 0) is 41.7 Å². The molecule has 2 N–H and O–H groups in total. The zero-order valence-corrected chi connectivity index (χ0v) is 19.5. The van der Waals surface area contributed by atoms with E-state index in [1.165, 1.54) is 33.6 Å². The van der Waals surface area contributed by atoms with Gasteiger partial charge in [-0.2, -0.15) is 0 Å². The van der Waals surface area contributed by atoms with Crippen LogP contribution in [0, 0.1) is 5.41 Å². The Morgan fingerprint density at radius 1 is 1.09 bits per heavy atom. The average molecular weight is 480 g/mol. The molecule has 0 saturated carbocycles. The van der Waals surface area contributed by atoms with Gasteiger partial charge in [-0.25, -0.2) is 4.98 Å². The van der Waals surface area contributed by atoms with Gasteiger partial charge in [0.1, 0.15) is 4.34 Å². The molecule has 1 unspecified atom stereocenters. The van der Waals surface area contributed by atoms with Gasteiger partial charge >= 0.3 is 0 Å². The normalized spacial score (nSPS) is 23.0. The number of amides is 1. The summed E-state index contributed by atoms with van der Waals surface area (Å²) in [7, 11) is 0. The van der Waals surface area contributed by atoms with E-state index in [-0.39, 0.29) is 17.7 Å². The summed E-state index contributed by atoms with van der Waals surface area (Å²) in [5.74, 6) is 0.584. The Labute approximate surface area is 199 Å². The number of fused-ring (bicyclic) bond motifs is 1. The summed E-state index contributed by atoms with van der Waals surface area (Å²) in [6, 6.07) is 18.8. The molecule has 0 radical (unpaired) electrons. The second-order valence-electron chi connectivity index (χ2n) is 8.70. The molecule has 3 aliphatic rings. The van der Waals surface area contributed by atoms with Crippen LogP contribution in [0.15, 0.2) is 60.8 Å². The van der Waals surface area contributed by atoms with E-state index in [1.807, 2.05) is 0 Å². The largest absolute Gasteiger partial charge is 0.324 e. The lowest BCUT2D eigenvalue weighted by Gasteiger charge is -2.50. The predicted molar refractivity (Wildman–Crippen MR) is 130 cm³/mol. The summed E-state index contributed by atoms with van der Waals surface area (Å²) in [6.07, 6.45) is 2.43. The van der Waals surface area contributed by atoms with Gasteiger partial charge in [0.15, 0.2) is 0 Å². The molecule has 0 fully saturated rings. The number of carbonyl (C=O) groups excluding carboxylic acids is 1. The Morgan fingerprint density at radius 3 is 2.31 bits per heavy atom. The molecule has 160 valence electrons. The quantitative estimate of drug-likeness (QED) is 0.330. The van der Waals surface area contributed by atoms with Crippen molar-refractivity contribution in [1.82, 2.24) is 9.97 Å². The number of anilines is 1. The number of benzene rings is 2. The van der Waals surface area contributed by atoms with Gasteiger partial charge in [-0.3, -0.25) is 10.1 Å². The molecule has 4 aromatic rings. The SMILES string of the molecule is CC1(C(=O)Nc2ncc(-c3cc(Cl)sc3Cl)[nH]2)CC2c3ccccc3C1c1ccccc12. The van der Waals surface area contributed by atoms with E-state index < -0.39 is 5.41 Å².